The number of carbonyl (C=O) groups is 1. The number of nitrogens with zero attached hydrogens (tertiary/aromatic N) is 3. The second-order valence-corrected chi connectivity index (χ2v) is 6.01. The standard InChI is InChI=1S/C13H20ClN3O2/c1-9(2)8-17(12(18)19-13(3,4)5)10-6-7-15-11(14)16-10/h6-7,9H,8H2,1-5H3. The summed E-state index contributed by atoms with van der Waals surface area (Å²) in [6, 6.07) is 1.64. The van der Waals surface area contributed by atoms with Crippen LogP contribution in [0.25, 0.3) is 0 Å². The van der Waals surface area contributed by atoms with Gasteiger partial charge in [-0.15, -0.1) is 0 Å². The van der Waals surface area contributed by atoms with Gasteiger partial charge >= 0.3 is 6.09 Å². The topological polar surface area (TPSA) is 55.3 Å². The lowest BCUT2D eigenvalue weighted by Gasteiger charge is -2.27. The quantitative estimate of drug-likeness (QED) is 0.797. The minimum Gasteiger partial charge on any atom is -0.443 e. The highest BCUT2D eigenvalue weighted by atomic mass is 35.5. The van der Waals surface area contributed by atoms with Crippen molar-refractivity contribution < 1.29 is 9.53 Å². The van der Waals surface area contributed by atoms with Gasteiger partial charge in [-0.3, -0.25) is 4.90 Å². The number of rotatable bonds is 3. The largest absolute Gasteiger partial charge is 0.443 e. The van der Waals surface area contributed by atoms with E-state index < -0.39 is 11.7 Å². The van der Waals surface area contributed by atoms with Crippen LogP contribution >= 0.6 is 11.6 Å². The summed E-state index contributed by atoms with van der Waals surface area (Å²) < 4.78 is 5.38. The first-order chi connectivity index (χ1) is 8.69. The molecule has 0 aliphatic carbocycles. The fraction of sp³-hybridized carbons (Fsp3) is 0.615. The third-order valence-corrected chi connectivity index (χ3v) is 2.23. The summed E-state index contributed by atoms with van der Waals surface area (Å²) >= 11 is 5.76. The number of hydrogen-bond acceptors (Lipinski definition) is 4. The fourth-order valence-corrected chi connectivity index (χ4v) is 1.56. The summed E-state index contributed by atoms with van der Waals surface area (Å²) in [4.78, 5) is 21.5. The molecule has 5 nitrogen and oxygen atoms in total. The Morgan fingerprint density at radius 2 is 2.11 bits per heavy atom. The Morgan fingerprint density at radius 1 is 1.47 bits per heavy atom. The van der Waals surface area contributed by atoms with Gasteiger partial charge in [-0.25, -0.2) is 14.8 Å². The molecule has 0 saturated carbocycles. The minimum absolute atomic E-state index is 0.106. The smallest absolute Gasteiger partial charge is 0.416 e. The number of aromatic nitrogens is 2. The molecule has 1 aromatic heterocycles. The van der Waals surface area contributed by atoms with Gasteiger partial charge in [0, 0.05) is 12.7 Å². The van der Waals surface area contributed by atoms with Crippen LogP contribution in [0.5, 0.6) is 0 Å². The van der Waals surface area contributed by atoms with Crippen molar-refractivity contribution in [3.63, 3.8) is 0 Å². The zero-order valence-corrected chi connectivity index (χ0v) is 12.7. The Morgan fingerprint density at radius 3 is 2.58 bits per heavy atom. The number of halogens is 1. The second kappa shape index (κ2) is 6.19. The van der Waals surface area contributed by atoms with Crippen molar-refractivity contribution in [3.05, 3.63) is 17.5 Å². The molecule has 0 bridgehead atoms. The van der Waals surface area contributed by atoms with E-state index in [4.69, 9.17) is 16.3 Å². The molecular weight excluding hydrogens is 266 g/mol. The zero-order valence-electron chi connectivity index (χ0n) is 12.0. The molecule has 1 aromatic rings. The highest BCUT2D eigenvalue weighted by molar-refractivity contribution is 6.28. The summed E-state index contributed by atoms with van der Waals surface area (Å²) in [5, 5.41) is 0.106. The van der Waals surface area contributed by atoms with Crippen molar-refractivity contribution in [2.75, 3.05) is 11.4 Å². The lowest BCUT2D eigenvalue weighted by molar-refractivity contribution is 0.0575. The monoisotopic (exact) mass is 285 g/mol. The van der Waals surface area contributed by atoms with Crippen molar-refractivity contribution in [2.24, 2.45) is 5.92 Å². The Balaban J connectivity index is 2.98. The van der Waals surface area contributed by atoms with E-state index in [0.29, 0.717) is 12.4 Å². The molecule has 0 radical (unpaired) electrons. The molecule has 1 rings (SSSR count). The fourth-order valence-electron chi connectivity index (χ4n) is 1.42. The number of carbonyl (C=O) groups excluding carboxylic acids is 1. The summed E-state index contributed by atoms with van der Waals surface area (Å²) in [7, 11) is 0. The van der Waals surface area contributed by atoms with E-state index in [-0.39, 0.29) is 11.2 Å². The predicted octanol–water partition coefficient (Wildman–Crippen LogP) is 3.53. The molecule has 1 amide bonds. The number of hydrogen-bond donors (Lipinski definition) is 0. The summed E-state index contributed by atoms with van der Waals surface area (Å²) in [5.41, 5.74) is -0.552. The van der Waals surface area contributed by atoms with Crippen LogP contribution in [0.4, 0.5) is 10.6 Å². The van der Waals surface area contributed by atoms with Crippen LogP contribution in [0.3, 0.4) is 0 Å². The minimum atomic E-state index is -0.552. The van der Waals surface area contributed by atoms with E-state index in [1.54, 1.807) is 6.07 Å². The molecule has 0 spiro atoms. The third-order valence-electron chi connectivity index (χ3n) is 2.05. The molecule has 0 fully saturated rings. The van der Waals surface area contributed by atoms with Gasteiger partial charge in [-0.05, 0) is 44.4 Å². The van der Waals surface area contributed by atoms with Crippen LogP contribution in [0, 0.1) is 5.92 Å². The lowest BCUT2D eigenvalue weighted by atomic mass is 10.2. The first-order valence-corrected chi connectivity index (χ1v) is 6.56. The Kier molecular flexibility index (Phi) is 5.11. The van der Waals surface area contributed by atoms with Crippen LogP contribution in [0.15, 0.2) is 12.3 Å². The van der Waals surface area contributed by atoms with Crippen molar-refractivity contribution in [2.45, 2.75) is 40.2 Å². The van der Waals surface area contributed by atoms with Crippen molar-refractivity contribution in [3.8, 4) is 0 Å². The van der Waals surface area contributed by atoms with Gasteiger partial charge in [-0.2, -0.15) is 0 Å². The van der Waals surface area contributed by atoms with Gasteiger partial charge in [-0.1, -0.05) is 13.8 Å². The Bertz CT molecular complexity index is 444. The first-order valence-electron chi connectivity index (χ1n) is 6.18. The van der Waals surface area contributed by atoms with Crippen molar-refractivity contribution >= 4 is 23.5 Å². The zero-order chi connectivity index (χ0) is 14.6. The Labute approximate surface area is 118 Å². The molecule has 0 atom stereocenters. The lowest BCUT2D eigenvalue weighted by Crippen LogP contribution is -2.39. The molecule has 0 N–H and O–H groups in total. The molecule has 0 aliphatic heterocycles. The molecule has 6 heteroatoms. The van der Waals surface area contributed by atoms with E-state index in [1.165, 1.54) is 11.1 Å². The van der Waals surface area contributed by atoms with E-state index in [1.807, 2.05) is 34.6 Å². The predicted molar refractivity (Wildman–Crippen MR) is 75.5 cm³/mol. The van der Waals surface area contributed by atoms with E-state index in [0.717, 1.165) is 0 Å². The maximum atomic E-state index is 12.2. The van der Waals surface area contributed by atoms with Gasteiger partial charge in [0.25, 0.3) is 0 Å². The van der Waals surface area contributed by atoms with Crippen molar-refractivity contribution in [1.82, 2.24) is 9.97 Å². The molecule has 0 aliphatic rings. The van der Waals surface area contributed by atoms with Gasteiger partial charge < -0.3 is 4.74 Å². The SMILES string of the molecule is CC(C)CN(C(=O)OC(C)(C)C)c1ccnc(Cl)n1. The summed E-state index contributed by atoms with van der Waals surface area (Å²) in [6.45, 7) is 10.0. The average molecular weight is 286 g/mol. The summed E-state index contributed by atoms with van der Waals surface area (Å²) in [5.74, 6) is 0.726. The van der Waals surface area contributed by atoms with Gasteiger partial charge in [0.2, 0.25) is 5.28 Å². The van der Waals surface area contributed by atoms with Crippen LogP contribution in [0.1, 0.15) is 34.6 Å². The highest BCUT2D eigenvalue weighted by Gasteiger charge is 2.25. The van der Waals surface area contributed by atoms with Crippen molar-refractivity contribution in [1.29, 1.82) is 0 Å². The molecule has 19 heavy (non-hydrogen) atoms. The van der Waals surface area contributed by atoms with Gasteiger partial charge in [0.05, 0.1) is 0 Å². The van der Waals surface area contributed by atoms with E-state index in [9.17, 15) is 4.79 Å². The van der Waals surface area contributed by atoms with Crippen LogP contribution in [0.2, 0.25) is 5.28 Å². The van der Waals surface area contributed by atoms with Crippen LogP contribution in [-0.2, 0) is 4.74 Å². The van der Waals surface area contributed by atoms with E-state index in [2.05, 4.69) is 9.97 Å². The van der Waals surface area contributed by atoms with E-state index >= 15 is 0 Å². The Hall–Kier alpha value is -1.36. The highest BCUT2D eigenvalue weighted by Crippen LogP contribution is 2.18. The molecule has 0 aromatic carbocycles. The molecular formula is C13H20ClN3O2. The second-order valence-electron chi connectivity index (χ2n) is 5.67. The molecule has 1 heterocycles. The van der Waals surface area contributed by atoms with Crippen LogP contribution in [-0.4, -0.2) is 28.2 Å². The normalized spacial score (nSPS) is 11.5. The molecule has 0 saturated heterocycles. The molecule has 106 valence electrons. The van der Waals surface area contributed by atoms with Gasteiger partial charge in [0.1, 0.15) is 11.4 Å². The molecule has 0 unspecified atom stereocenters. The third kappa shape index (κ3) is 5.42. The first kappa shape index (κ1) is 15.7. The average Bonchev–Trinajstić information content (AvgIpc) is 2.23. The number of amides is 1. The van der Waals surface area contributed by atoms with Crippen LogP contribution < -0.4 is 4.90 Å². The maximum absolute atomic E-state index is 12.2. The summed E-state index contributed by atoms with van der Waals surface area (Å²) in [6.07, 6.45) is 1.08. The maximum Gasteiger partial charge on any atom is 0.416 e. The number of ether oxygens (including phenoxy) is 1. The number of anilines is 1. The van der Waals surface area contributed by atoms with Gasteiger partial charge in [0.15, 0.2) is 0 Å².